The van der Waals surface area contributed by atoms with Gasteiger partial charge in [0.05, 0.1) is 0 Å². The van der Waals surface area contributed by atoms with E-state index < -0.39 is 0 Å². The first-order valence-electron chi connectivity index (χ1n) is 6.50. The number of benzene rings is 1. The number of nitrogens with two attached hydrogens (primary N) is 1. The average molecular weight is 287 g/mol. The van der Waals surface area contributed by atoms with E-state index in [0.29, 0.717) is 11.8 Å². The zero-order valence-electron chi connectivity index (χ0n) is 11.2. The Hall–Kier alpha value is -0.220. The predicted molar refractivity (Wildman–Crippen MR) is 83.5 cm³/mol. The Morgan fingerprint density at radius 3 is 2.61 bits per heavy atom. The summed E-state index contributed by atoms with van der Waals surface area (Å²) in [5.74, 6) is 1.11. The van der Waals surface area contributed by atoms with Crippen molar-refractivity contribution >= 4 is 23.4 Å². The summed E-state index contributed by atoms with van der Waals surface area (Å²) < 4.78 is 0. The maximum atomic E-state index is 6.02. The van der Waals surface area contributed by atoms with E-state index in [1.807, 2.05) is 30.0 Å². The van der Waals surface area contributed by atoms with Crippen molar-refractivity contribution in [3.05, 3.63) is 34.9 Å². The first kappa shape index (κ1) is 15.8. The molecule has 2 nitrogen and oxygen atoms in total. The van der Waals surface area contributed by atoms with E-state index in [2.05, 4.69) is 24.8 Å². The molecule has 0 aliphatic rings. The molecule has 0 bridgehead atoms. The Morgan fingerprint density at radius 1 is 1.33 bits per heavy atom. The fourth-order valence-electron chi connectivity index (χ4n) is 1.87. The molecule has 1 rings (SSSR count). The first-order chi connectivity index (χ1) is 8.71. The molecule has 102 valence electrons. The van der Waals surface area contributed by atoms with Crippen molar-refractivity contribution in [2.45, 2.75) is 19.1 Å². The lowest BCUT2D eigenvalue weighted by molar-refractivity contribution is 0.324. The number of hydrogen-bond donors (Lipinski definition) is 1. The van der Waals surface area contributed by atoms with Gasteiger partial charge >= 0.3 is 0 Å². The minimum Gasteiger partial charge on any atom is -0.329 e. The highest BCUT2D eigenvalue weighted by molar-refractivity contribution is 7.99. The summed E-state index contributed by atoms with van der Waals surface area (Å²) in [6, 6.07) is 8.02. The molecular formula is C14H23ClN2S. The molecule has 0 aliphatic heterocycles. The summed E-state index contributed by atoms with van der Waals surface area (Å²) in [7, 11) is 0. The van der Waals surface area contributed by atoms with Crippen LogP contribution in [0.5, 0.6) is 0 Å². The van der Waals surface area contributed by atoms with E-state index in [4.69, 9.17) is 17.3 Å². The van der Waals surface area contributed by atoms with Crippen LogP contribution in [0.3, 0.4) is 0 Å². The van der Waals surface area contributed by atoms with E-state index in [1.165, 1.54) is 5.56 Å². The van der Waals surface area contributed by atoms with Gasteiger partial charge in [-0.1, -0.05) is 37.6 Å². The minimum atomic E-state index is 0.347. The third kappa shape index (κ3) is 5.19. The summed E-state index contributed by atoms with van der Waals surface area (Å²) in [6.07, 6.45) is 0. The molecule has 2 N–H and O–H groups in total. The molecule has 0 saturated carbocycles. The highest BCUT2D eigenvalue weighted by atomic mass is 35.5. The second-order valence-corrected chi connectivity index (χ2v) is 5.92. The Bertz CT molecular complexity index is 342. The summed E-state index contributed by atoms with van der Waals surface area (Å²) in [5, 5.41) is 1.13. The zero-order valence-corrected chi connectivity index (χ0v) is 12.8. The molecule has 18 heavy (non-hydrogen) atoms. The molecule has 1 aromatic carbocycles. The highest BCUT2D eigenvalue weighted by Crippen LogP contribution is 2.29. The van der Waals surface area contributed by atoms with Gasteiger partial charge in [0.2, 0.25) is 0 Å². The minimum absolute atomic E-state index is 0.347. The van der Waals surface area contributed by atoms with Crippen molar-refractivity contribution in [2.75, 3.05) is 31.9 Å². The molecule has 1 unspecified atom stereocenters. The molecule has 0 spiro atoms. The molecule has 0 aromatic heterocycles. The fraction of sp³-hybridized carbons (Fsp3) is 0.571. The number of hydrogen-bond acceptors (Lipinski definition) is 3. The number of rotatable bonds is 8. The number of nitrogens with zero attached hydrogens (tertiary/aromatic N) is 1. The fourth-order valence-corrected chi connectivity index (χ4v) is 3.19. The molecule has 4 heteroatoms. The molecule has 0 heterocycles. The van der Waals surface area contributed by atoms with Gasteiger partial charge < -0.3 is 10.6 Å². The van der Waals surface area contributed by atoms with E-state index in [-0.39, 0.29) is 0 Å². The number of halogens is 1. The van der Waals surface area contributed by atoms with Crippen molar-refractivity contribution in [3.63, 3.8) is 0 Å². The third-order valence-corrected chi connectivity index (χ3v) is 4.58. The lowest BCUT2D eigenvalue weighted by Crippen LogP contribution is -2.26. The van der Waals surface area contributed by atoms with Gasteiger partial charge in [-0.15, -0.1) is 0 Å². The highest BCUT2D eigenvalue weighted by Gasteiger charge is 2.11. The summed E-state index contributed by atoms with van der Waals surface area (Å²) in [6.45, 7) is 8.40. The van der Waals surface area contributed by atoms with Crippen molar-refractivity contribution in [1.82, 2.24) is 4.90 Å². The van der Waals surface area contributed by atoms with E-state index in [9.17, 15) is 0 Å². The first-order valence-corrected chi connectivity index (χ1v) is 7.93. The van der Waals surface area contributed by atoms with Crippen LogP contribution in [-0.2, 0) is 0 Å². The van der Waals surface area contributed by atoms with Crippen molar-refractivity contribution in [2.24, 2.45) is 5.73 Å². The van der Waals surface area contributed by atoms with Gasteiger partial charge in [-0.25, -0.2) is 0 Å². The lowest BCUT2D eigenvalue weighted by atomic mass is 10.1. The van der Waals surface area contributed by atoms with Crippen molar-refractivity contribution in [3.8, 4) is 0 Å². The molecule has 0 amide bonds. The topological polar surface area (TPSA) is 29.3 Å². The van der Waals surface area contributed by atoms with Gasteiger partial charge in [0, 0.05) is 29.1 Å². The van der Waals surface area contributed by atoms with E-state index in [0.717, 1.165) is 30.4 Å². The van der Waals surface area contributed by atoms with Crippen LogP contribution in [0.2, 0.25) is 5.02 Å². The van der Waals surface area contributed by atoms with Crippen LogP contribution in [0.25, 0.3) is 0 Å². The van der Waals surface area contributed by atoms with Crippen LogP contribution >= 0.6 is 23.4 Å². The average Bonchev–Trinajstić information content (AvgIpc) is 2.39. The van der Waals surface area contributed by atoms with Crippen LogP contribution in [0.15, 0.2) is 24.3 Å². The lowest BCUT2D eigenvalue weighted by Gasteiger charge is -2.20. The maximum Gasteiger partial charge on any atom is 0.0420 e. The van der Waals surface area contributed by atoms with E-state index in [1.54, 1.807) is 0 Å². The molecule has 0 saturated heterocycles. The summed E-state index contributed by atoms with van der Waals surface area (Å²) >= 11 is 7.93. The maximum absolute atomic E-state index is 6.02. The van der Waals surface area contributed by atoms with Crippen LogP contribution in [-0.4, -0.2) is 36.8 Å². The van der Waals surface area contributed by atoms with Gasteiger partial charge in [0.15, 0.2) is 0 Å². The van der Waals surface area contributed by atoms with Crippen molar-refractivity contribution in [1.29, 1.82) is 0 Å². The van der Waals surface area contributed by atoms with Gasteiger partial charge in [0.1, 0.15) is 0 Å². The van der Waals surface area contributed by atoms with Gasteiger partial charge in [-0.05, 0) is 30.8 Å². The van der Waals surface area contributed by atoms with Gasteiger partial charge in [0.25, 0.3) is 0 Å². The van der Waals surface area contributed by atoms with Crippen LogP contribution < -0.4 is 5.73 Å². The Kier molecular flexibility index (Phi) is 7.75. The van der Waals surface area contributed by atoms with E-state index >= 15 is 0 Å². The van der Waals surface area contributed by atoms with Crippen LogP contribution in [0, 0.1) is 0 Å². The zero-order chi connectivity index (χ0) is 13.4. The second-order valence-electron chi connectivity index (χ2n) is 4.18. The predicted octanol–water partition coefficient (Wildman–Crippen LogP) is 3.41. The second kappa shape index (κ2) is 8.81. The smallest absolute Gasteiger partial charge is 0.0420 e. The SMILES string of the molecule is CCN(CC)CCSC(CN)c1cccc(Cl)c1. The molecular weight excluding hydrogens is 264 g/mol. The molecule has 1 aromatic rings. The Morgan fingerprint density at radius 2 is 2.06 bits per heavy atom. The van der Waals surface area contributed by atoms with Gasteiger partial charge in [-0.2, -0.15) is 11.8 Å². The Balaban J connectivity index is 2.47. The quantitative estimate of drug-likeness (QED) is 0.794. The molecule has 0 radical (unpaired) electrons. The Labute approximate surface area is 120 Å². The summed E-state index contributed by atoms with van der Waals surface area (Å²) in [4.78, 5) is 2.43. The standard InChI is InChI=1S/C14H23ClN2S/c1-3-17(4-2)8-9-18-14(11-16)12-6-5-7-13(15)10-12/h5-7,10,14H,3-4,8-9,11,16H2,1-2H3. The van der Waals surface area contributed by atoms with Crippen LogP contribution in [0.4, 0.5) is 0 Å². The molecule has 0 fully saturated rings. The number of thioether (sulfide) groups is 1. The van der Waals surface area contributed by atoms with Gasteiger partial charge in [-0.3, -0.25) is 0 Å². The molecule has 1 atom stereocenters. The third-order valence-electron chi connectivity index (χ3n) is 3.06. The van der Waals surface area contributed by atoms with Crippen LogP contribution in [0.1, 0.15) is 24.7 Å². The molecule has 0 aliphatic carbocycles. The normalized spacial score (nSPS) is 12.9. The largest absolute Gasteiger partial charge is 0.329 e. The van der Waals surface area contributed by atoms with Crippen molar-refractivity contribution < 1.29 is 0 Å². The monoisotopic (exact) mass is 286 g/mol. The summed E-state index contributed by atoms with van der Waals surface area (Å²) in [5.41, 5.74) is 7.09.